The van der Waals surface area contributed by atoms with E-state index < -0.39 is 0 Å². The fraction of sp³-hybridized carbons (Fsp3) is 0.647. The second-order valence-corrected chi connectivity index (χ2v) is 6.25. The molecule has 1 fully saturated rings. The molecule has 0 amide bonds. The van der Waals surface area contributed by atoms with Crippen LogP contribution in [0.4, 0.5) is 0 Å². The normalized spacial score (nSPS) is 18.9. The second-order valence-electron chi connectivity index (χ2n) is 5.84. The van der Waals surface area contributed by atoms with Crippen molar-refractivity contribution in [2.45, 2.75) is 26.0 Å². The summed E-state index contributed by atoms with van der Waals surface area (Å²) in [4.78, 5) is 2.29. The molecule has 0 aromatic heterocycles. The maximum Gasteiger partial charge on any atom is 0.179 e. The van der Waals surface area contributed by atoms with Crippen LogP contribution in [0.5, 0.6) is 11.5 Å². The van der Waals surface area contributed by atoms with E-state index in [0.717, 1.165) is 38.2 Å². The molecule has 1 heterocycles. The van der Waals surface area contributed by atoms with Crippen LogP contribution in [0.15, 0.2) is 12.1 Å². The van der Waals surface area contributed by atoms with Crippen molar-refractivity contribution < 1.29 is 14.2 Å². The molecule has 2 rings (SSSR count). The van der Waals surface area contributed by atoms with Gasteiger partial charge < -0.3 is 24.4 Å². The van der Waals surface area contributed by atoms with Gasteiger partial charge >= 0.3 is 0 Å². The highest BCUT2D eigenvalue weighted by Gasteiger charge is 2.17. The van der Waals surface area contributed by atoms with Crippen LogP contribution in [-0.2, 0) is 11.3 Å². The summed E-state index contributed by atoms with van der Waals surface area (Å²) in [6.45, 7) is 6.98. The van der Waals surface area contributed by atoms with Gasteiger partial charge in [-0.1, -0.05) is 18.5 Å². The standard InChI is InChI=1S/C17H27ClN2O3/c1-4-6-23-17-15(18)8-13(9-16(17)21-3)10-19-11-14-12-20(2)5-7-22-14/h8-9,14,19H,4-7,10-12H2,1-3H3. The van der Waals surface area contributed by atoms with E-state index in [2.05, 4.69) is 24.2 Å². The Morgan fingerprint density at radius 3 is 2.96 bits per heavy atom. The number of rotatable bonds is 8. The number of morpholine rings is 1. The van der Waals surface area contributed by atoms with Crippen LogP contribution < -0.4 is 14.8 Å². The number of benzene rings is 1. The summed E-state index contributed by atoms with van der Waals surface area (Å²) >= 11 is 6.33. The number of halogens is 1. The summed E-state index contributed by atoms with van der Waals surface area (Å²) in [6.07, 6.45) is 1.16. The highest BCUT2D eigenvalue weighted by atomic mass is 35.5. The first-order valence-corrected chi connectivity index (χ1v) is 8.52. The van der Waals surface area contributed by atoms with Crippen LogP contribution in [0.2, 0.25) is 5.02 Å². The lowest BCUT2D eigenvalue weighted by Gasteiger charge is -2.30. The molecule has 1 aromatic rings. The van der Waals surface area contributed by atoms with Gasteiger partial charge in [0.15, 0.2) is 11.5 Å². The topological polar surface area (TPSA) is 43.0 Å². The van der Waals surface area contributed by atoms with Crippen molar-refractivity contribution in [1.82, 2.24) is 10.2 Å². The molecule has 1 atom stereocenters. The van der Waals surface area contributed by atoms with Crippen LogP contribution in [0.3, 0.4) is 0 Å². The highest BCUT2D eigenvalue weighted by Crippen LogP contribution is 2.36. The molecule has 1 N–H and O–H groups in total. The lowest BCUT2D eigenvalue weighted by molar-refractivity contribution is -0.0182. The Morgan fingerprint density at radius 1 is 1.43 bits per heavy atom. The van der Waals surface area contributed by atoms with E-state index in [4.69, 9.17) is 25.8 Å². The molecular formula is C17H27ClN2O3. The minimum Gasteiger partial charge on any atom is -0.493 e. The molecule has 1 aliphatic heterocycles. The van der Waals surface area contributed by atoms with E-state index in [-0.39, 0.29) is 6.10 Å². The van der Waals surface area contributed by atoms with Crippen LogP contribution in [0, 0.1) is 0 Å². The Morgan fingerprint density at radius 2 is 2.26 bits per heavy atom. The zero-order valence-corrected chi connectivity index (χ0v) is 15.0. The van der Waals surface area contributed by atoms with Gasteiger partial charge in [0.25, 0.3) is 0 Å². The fourth-order valence-corrected chi connectivity index (χ4v) is 2.88. The monoisotopic (exact) mass is 342 g/mol. The Balaban J connectivity index is 1.90. The number of nitrogens with zero attached hydrogens (tertiary/aromatic N) is 1. The van der Waals surface area contributed by atoms with Crippen molar-refractivity contribution in [2.24, 2.45) is 0 Å². The van der Waals surface area contributed by atoms with Gasteiger partial charge in [-0.15, -0.1) is 0 Å². The fourth-order valence-electron chi connectivity index (χ4n) is 2.59. The molecule has 1 saturated heterocycles. The molecule has 0 aliphatic carbocycles. The number of ether oxygens (including phenoxy) is 3. The Labute approximate surface area is 143 Å². The lowest BCUT2D eigenvalue weighted by atomic mass is 10.2. The Hall–Kier alpha value is -1.01. The summed E-state index contributed by atoms with van der Waals surface area (Å²) in [5.41, 5.74) is 1.07. The average molecular weight is 343 g/mol. The molecule has 0 bridgehead atoms. The van der Waals surface area contributed by atoms with E-state index in [0.29, 0.717) is 29.7 Å². The van der Waals surface area contributed by atoms with Crippen molar-refractivity contribution in [3.8, 4) is 11.5 Å². The molecule has 1 unspecified atom stereocenters. The van der Waals surface area contributed by atoms with Gasteiger partial charge in [-0.3, -0.25) is 0 Å². The van der Waals surface area contributed by atoms with Crippen LogP contribution >= 0.6 is 11.6 Å². The average Bonchev–Trinajstić information content (AvgIpc) is 2.53. The molecule has 1 aromatic carbocycles. The van der Waals surface area contributed by atoms with Gasteiger partial charge in [-0.05, 0) is 31.2 Å². The van der Waals surface area contributed by atoms with Crippen molar-refractivity contribution >= 4 is 11.6 Å². The molecule has 5 nitrogen and oxygen atoms in total. The molecule has 130 valence electrons. The highest BCUT2D eigenvalue weighted by molar-refractivity contribution is 6.32. The third-order valence-corrected chi connectivity index (χ3v) is 4.06. The van der Waals surface area contributed by atoms with E-state index in [1.165, 1.54) is 0 Å². The van der Waals surface area contributed by atoms with E-state index >= 15 is 0 Å². The van der Waals surface area contributed by atoms with Gasteiger partial charge in [0.1, 0.15) is 0 Å². The summed E-state index contributed by atoms with van der Waals surface area (Å²) in [5.74, 6) is 1.30. The lowest BCUT2D eigenvalue weighted by Crippen LogP contribution is -2.44. The minimum absolute atomic E-state index is 0.235. The number of likely N-dealkylation sites (N-methyl/N-ethyl adjacent to an activating group) is 1. The van der Waals surface area contributed by atoms with Crippen molar-refractivity contribution in [3.63, 3.8) is 0 Å². The number of nitrogens with one attached hydrogen (secondary N) is 1. The first kappa shape index (κ1) is 18.3. The predicted molar refractivity (Wildman–Crippen MR) is 92.7 cm³/mol. The van der Waals surface area contributed by atoms with Crippen LogP contribution in [0.1, 0.15) is 18.9 Å². The third kappa shape index (κ3) is 5.53. The molecule has 6 heteroatoms. The first-order valence-electron chi connectivity index (χ1n) is 8.14. The van der Waals surface area contributed by atoms with Crippen molar-refractivity contribution in [1.29, 1.82) is 0 Å². The van der Waals surface area contributed by atoms with Crippen LogP contribution in [-0.4, -0.2) is 58.0 Å². The van der Waals surface area contributed by atoms with Gasteiger partial charge in [-0.25, -0.2) is 0 Å². The number of hydrogen-bond donors (Lipinski definition) is 1. The molecule has 0 spiro atoms. The molecule has 1 aliphatic rings. The Kier molecular flexibility index (Phi) is 7.43. The zero-order valence-electron chi connectivity index (χ0n) is 14.2. The maximum atomic E-state index is 6.33. The molecule has 0 saturated carbocycles. The summed E-state index contributed by atoms with van der Waals surface area (Å²) in [7, 11) is 3.75. The third-order valence-electron chi connectivity index (χ3n) is 3.78. The SMILES string of the molecule is CCCOc1c(Cl)cc(CNCC2CN(C)CCO2)cc1OC. The zero-order chi connectivity index (χ0) is 16.7. The number of hydrogen-bond acceptors (Lipinski definition) is 5. The summed E-state index contributed by atoms with van der Waals surface area (Å²) in [5, 5.41) is 4.01. The summed E-state index contributed by atoms with van der Waals surface area (Å²) in [6, 6.07) is 3.90. The maximum absolute atomic E-state index is 6.33. The Bertz CT molecular complexity index is 499. The number of methoxy groups -OCH3 is 1. The smallest absolute Gasteiger partial charge is 0.179 e. The minimum atomic E-state index is 0.235. The van der Waals surface area contributed by atoms with Crippen LogP contribution in [0.25, 0.3) is 0 Å². The summed E-state index contributed by atoms with van der Waals surface area (Å²) < 4.78 is 16.8. The molecule has 0 radical (unpaired) electrons. The van der Waals surface area contributed by atoms with Crippen molar-refractivity contribution in [2.75, 3.05) is 47.0 Å². The van der Waals surface area contributed by atoms with Crippen molar-refractivity contribution in [3.05, 3.63) is 22.7 Å². The van der Waals surface area contributed by atoms with E-state index in [9.17, 15) is 0 Å². The molecular weight excluding hydrogens is 316 g/mol. The largest absolute Gasteiger partial charge is 0.493 e. The quantitative estimate of drug-likeness (QED) is 0.786. The van der Waals surface area contributed by atoms with Gasteiger partial charge in [0.2, 0.25) is 0 Å². The van der Waals surface area contributed by atoms with E-state index in [1.54, 1.807) is 7.11 Å². The molecule has 23 heavy (non-hydrogen) atoms. The second kappa shape index (κ2) is 9.33. The van der Waals surface area contributed by atoms with Gasteiger partial charge in [0, 0.05) is 26.2 Å². The first-order chi connectivity index (χ1) is 11.1. The van der Waals surface area contributed by atoms with E-state index in [1.807, 2.05) is 12.1 Å². The van der Waals surface area contributed by atoms with Gasteiger partial charge in [0.05, 0.1) is 31.5 Å². The predicted octanol–water partition coefficient (Wildman–Crippen LogP) is 2.56. The van der Waals surface area contributed by atoms with Gasteiger partial charge in [-0.2, -0.15) is 0 Å².